The highest BCUT2D eigenvalue weighted by Crippen LogP contribution is 2.36. The molecular weight excluding hydrogens is 421 g/mol. The summed E-state index contributed by atoms with van der Waals surface area (Å²) in [6.07, 6.45) is 0.980. The average Bonchev–Trinajstić information content (AvgIpc) is 2.84. The van der Waals surface area contributed by atoms with E-state index in [9.17, 15) is 14.0 Å². The van der Waals surface area contributed by atoms with Crippen molar-refractivity contribution in [1.82, 2.24) is 9.47 Å². The molecule has 2 aromatic carbocycles. The van der Waals surface area contributed by atoms with Gasteiger partial charge in [-0.25, -0.2) is 4.39 Å². The van der Waals surface area contributed by atoms with Gasteiger partial charge in [0.15, 0.2) is 0 Å². The molecule has 0 unspecified atom stereocenters. The van der Waals surface area contributed by atoms with E-state index < -0.39 is 0 Å². The number of rotatable bonds is 5. The zero-order valence-electron chi connectivity index (χ0n) is 18.5. The number of carbonyl (C=O) groups excluding carboxylic acids is 1. The second-order valence-corrected chi connectivity index (χ2v) is 8.80. The molecule has 1 saturated heterocycles. The van der Waals surface area contributed by atoms with E-state index >= 15 is 0 Å². The van der Waals surface area contributed by atoms with Gasteiger partial charge in [-0.15, -0.1) is 0 Å². The quantitative estimate of drug-likeness (QED) is 0.645. The van der Waals surface area contributed by atoms with Crippen molar-refractivity contribution in [2.45, 2.75) is 25.4 Å². The summed E-state index contributed by atoms with van der Waals surface area (Å²) >= 11 is 0. The highest BCUT2D eigenvalue weighted by atomic mass is 19.1. The van der Waals surface area contributed by atoms with Gasteiger partial charge in [0.1, 0.15) is 17.3 Å². The summed E-state index contributed by atoms with van der Waals surface area (Å²) < 4.78 is 20.2. The molecule has 170 valence electrons. The highest BCUT2D eigenvalue weighted by molar-refractivity contribution is 5.94. The summed E-state index contributed by atoms with van der Waals surface area (Å²) in [5, 5.41) is 3.19. The number of methoxy groups -OCH3 is 1. The third-order valence-electron chi connectivity index (χ3n) is 6.62. The summed E-state index contributed by atoms with van der Waals surface area (Å²) in [7, 11) is 1.60. The van der Waals surface area contributed by atoms with Crippen molar-refractivity contribution in [3.8, 4) is 5.75 Å². The number of amides is 1. The van der Waals surface area contributed by atoms with Crippen LogP contribution in [0.3, 0.4) is 0 Å². The fourth-order valence-corrected chi connectivity index (χ4v) is 4.96. The van der Waals surface area contributed by atoms with Crippen molar-refractivity contribution < 1.29 is 13.9 Å². The van der Waals surface area contributed by atoms with E-state index in [0.717, 1.165) is 23.4 Å². The molecule has 1 amide bonds. The second-order valence-electron chi connectivity index (χ2n) is 8.80. The van der Waals surface area contributed by atoms with Crippen molar-refractivity contribution in [3.05, 3.63) is 93.7 Å². The molecule has 3 aromatic rings. The number of halogens is 1. The minimum Gasteiger partial charge on any atom is -0.497 e. The fraction of sp³-hybridized carbons (Fsp3) is 0.308. The van der Waals surface area contributed by atoms with Crippen molar-refractivity contribution in [2.75, 3.05) is 25.5 Å². The van der Waals surface area contributed by atoms with E-state index in [4.69, 9.17) is 4.74 Å². The number of likely N-dealkylation sites (tertiary alicyclic amines) is 1. The molecule has 1 N–H and O–H groups in total. The van der Waals surface area contributed by atoms with Crippen LogP contribution >= 0.6 is 0 Å². The fourth-order valence-electron chi connectivity index (χ4n) is 4.96. The van der Waals surface area contributed by atoms with Crippen LogP contribution in [-0.2, 0) is 13.1 Å². The van der Waals surface area contributed by atoms with E-state index in [1.165, 1.54) is 12.1 Å². The number of carbonyl (C=O) groups is 1. The summed E-state index contributed by atoms with van der Waals surface area (Å²) in [5.74, 6) is 0.834. The third kappa shape index (κ3) is 4.23. The Labute approximate surface area is 191 Å². The zero-order valence-corrected chi connectivity index (χ0v) is 18.5. The predicted molar refractivity (Wildman–Crippen MR) is 124 cm³/mol. The number of anilines is 1. The molecule has 1 fully saturated rings. The van der Waals surface area contributed by atoms with Gasteiger partial charge in [0.2, 0.25) is 0 Å². The van der Waals surface area contributed by atoms with Gasteiger partial charge >= 0.3 is 0 Å². The summed E-state index contributed by atoms with van der Waals surface area (Å²) in [4.78, 5) is 28.2. The molecule has 3 heterocycles. The van der Waals surface area contributed by atoms with Gasteiger partial charge in [-0.05, 0) is 66.4 Å². The lowest BCUT2D eigenvalue weighted by Crippen LogP contribution is -2.49. The number of nitrogens with one attached hydrogen (secondary N) is 1. The average molecular weight is 448 g/mol. The van der Waals surface area contributed by atoms with E-state index in [1.54, 1.807) is 43.5 Å². The maximum absolute atomic E-state index is 13.2. The van der Waals surface area contributed by atoms with Gasteiger partial charge in [-0.2, -0.15) is 0 Å². The maximum Gasteiger partial charge on any atom is 0.274 e. The zero-order chi connectivity index (χ0) is 22.9. The van der Waals surface area contributed by atoms with Crippen LogP contribution in [-0.4, -0.2) is 35.6 Å². The number of fused-ring (bicyclic) bond motifs is 4. The first-order valence-corrected chi connectivity index (χ1v) is 11.2. The SMILES string of the molecule is COc1ccc(C(=O)N2C[C@H]3C[C@H](C2)c2ccc(NCc4ccc(F)cc4)c(=O)n2C3)cc1. The Balaban J connectivity index is 1.32. The Morgan fingerprint density at radius 1 is 1.03 bits per heavy atom. The van der Waals surface area contributed by atoms with Crippen molar-refractivity contribution in [3.63, 3.8) is 0 Å². The maximum atomic E-state index is 13.2. The lowest BCUT2D eigenvalue weighted by molar-refractivity contribution is 0.0594. The summed E-state index contributed by atoms with van der Waals surface area (Å²) in [5.41, 5.74) is 3.03. The van der Waals surface area contributed by atoms with Crippen LogP contribution in [0.5, 0.6) is 5.75 Å². The van der Waals surface area contributed by atoms with Gasteiger partial charge in [0.25, 0.3) is 11.5 Å². The van der Waals surface area contributed by atoms with E-state index in [2.05, 4.69) is 5.32 Å². The largest absolute Gasteiger partial charge is 0.497 e. The number of benzene rings is 2. The Morgan fingerprint density at radius 2 is 1.79 bits per heavy atom. The highest BCUT2D eigenvalue weighted by Gasteiger charge is 2.36. The molecule has 0 aliphatic carbocycles. The molecule has 0 radical (unpaired) electrons. The van der Waals surface area contributed by atoms with E-state index in [1.807, 2.05) is 21.6 Å². The number of piperidine rings is 1. The number of aromatic nitrogens is 1. The van der Waals surface area contributed by atoms with Crippen LogP contribution in [0.25, 0.3) is 0 Å². The van der Waals surface area contributed by atoms with Crippen LogP contribution in [0, 0.1) is 11.7 Å². The number of pyridine rings is 1. The van der Waals surface area contributed by atoms with E-state index in [0.29, 0.717) is 37.4 Å². The molecule has 2 atom stereocenters. The number of nitrogens with zero attached hydrogens (tertiary/aromatic N) is 2. The molecule has 7 heteroatoms. The van der Waals surface area contributed by atoms with E-state index in [-0.39, 0.29) is 29.1 Å². The van der Waals surface area contributed by atoms with Gasteiger partial charge in [-0.3, -0.25) is 9.59 Å². The Hall–Kier alpha value is -3.61. The normalized spacial score (nSPS) is 19.0. The van der Waals surface area contributed by atoms with Crippen LogP contribution in [0.2, 0.25) is 0 Å². The molecule has 0 saturated carbocycles. The standard InChI is InChI=1S/C26H26FN3O3/c1-33-22-8-4-19(5-9-22)25(31)29-14-18-12-20(16-29)24-11-10-23(26(32)30(24)15-18)28-13-17-2-6-21(27)7-3-17/h2-11,18,20,28H,12-16H2,1H3/t18-,20-/m1/s1. The Kier molecular flexibility index (Phi) is 5.62. The predicted octanol–water partition coefficient (Wildman–Crippen LogP) is 3.87. The smallest absolute Gasteiger partial charge is 0.274 e. The number of ether oxygens (including phenoxy) is 1. The van der Waals surface area contributed by atoms with Crippen LogP contribution in [0.1, 0.15) is 34.0 Å². The molecule has 2 bridgehead atoms. The Bertz CT molecular complexity index is 1220. The van der Waals surface area contributed by atoms with Gasteiger partial charge in [0.05, 0.1) is 7.11 Å². The van der Waals surface area contributed by atoms with Crippen molar-refractivity contribution in [2.24, 2.45) is 5.92 Å². The Morgan fingerprint density at radius 3 is 2.52 bits per heavy atom. The summed E-state index contributed by atoms with van der Waals surface area (Å²) in [6, 6.07) is 17.2. The monoisotopic (exact) mass is 447 g/mol. The first-order valence-electron chi connectivity index (χ1n) is 11.2. The van der Waals surface area contributed by atoms with Crippen LogP contribution < -0.4 is 15.6 Å². The molecule has 5 rings (SSSR count). The van der Waals surface area contributed by atoms with Gasteiger partial charge in [0, 0.05) is 43.4 Å². The third-order valence-corrected chi connectivity index (χ3v) is 6.62. The number of hydrogen-bond donors (Lipinski definition) is 1. The first kappa shape index (κ1) is 21.2. The van der Waals surface area contributed by atoms with Crippen molar-refractivity contribution in [1.29, 1.82) is 0 Å². The minimum absolute atomic E-state index is 0.0146. The molecule has 2 aliphatic heterocycles. The minimum atomic E-state index is -0.279. The van der Waals surface area contributed by atoms with Crippen molar-refractivity contribution >= 4 is 11.6 Å². The van der Waals surface area contributed by atoms with Gasteiger partial charge < -0.3 is 19.5 Å². The van der Waals surface area contributed by atoms with Crippen LogP contribution in [0.15, 0.2) is 65.5 Å². The second kappa shape index (κ2) is 8.73. The van der Waals surface area contributed by atoms with Crippen LogP contribution in [0.4, 0.5) is 10.1 Å². The van der Waals surface area contributed by atoms with Gasteiger partial charge in [-0.1, -0.05) is 12.1 Å². The molecule has 2 aliphatic rings. The molecule has 0 spiro atoms. The topological polar surface area (TPSA) is 63.6 Å². The molecule has 1 aromatic heterocycles. The molecular formula is C26H26FN3O3. The summed E-state index contributed by atoms with van der Waals surface area (Å²) in [6.45, 7) is 2.29. The molecule has 33 heavy (non-hydrogen) atoms. The first-order chi connectivity index (χ1) is 16.0. The lowest BCUT2D eigenvalue weighted by atomic mass is 9.83. The number of hydrogen-bond acceptors (Lipinski definition) is 4. The lowest BCUT2D eigenvalue weighted by Gasteiger charge is -2.43. The molecule has 6 nitrogen and oxygen atoms in total.